The van der Waals surface area contributed by atoms with Crippen LogP contribution in [0.3, 0.4) is 0 Å². The van der Waals surface area contributed by atoms with Crippen molar-refractivity contribution in [1.82, 2.24) is 0 Å². The molecule has 0 spiro atoms. The van der Waals surface area contributed by atoms with Crippen molar-refractivity contribution in [3.8, 4) is 0 Å². The predicted molar refractivity (Wildman–Crippen MR) is 77.6 cm³/mol. The average molecular weight is 347 g/mol. The Morgan fingerprint density at radius 1 is 1.16 bits per heavy atom. The highest BCUT2D eigenvalue weighted by Crippen LogP contribution is 2.25. The second-order valence-corrected chi connectivity index (χ2v) is 5.44. The van der Waals surface area contributed by atoms with Gasteiger partial charge >= 0.3 is 0 Å². The monoisotopic (exact) mass is 345 g/mol. The summed E-state index contributed by atoms with van der Waals surface area (Å²) < 4.78 is 26.7. The fourth-order valence-corrected chi connectivity index (χ4v) is 2.23. The van der Waals surface area contributed by atoms with Crippen molar-refractivity contribution in [3.63, 3.8) is 0 Å². The molecule has 0 radical (unpaired) electrons. The topological polar surface area (TPSA) is 12.0 Å². The fourth-order valence-electron chi connectivity index (χ4n) is 1.68. The van der Waals surface area contributed by atoms with Crippen LogP contribution in [0.25, 0.3) is 0 Å². The van der Waals surface area contributed by atoms with Gasteiger partial charge in [0, 0.05) is 12.2 Å². The second-order valence-electron chi connectivity index (χ2n) is 4.18. The number of hydrogen-bond acceptors (Lipinski definition) is 1. The van der Waals surface area contributed by atoms with E-state index in [9.17, 15) is 8.78 Å². The highest BCUT2D eigenvalue weighted by Gasteiger charge is 2.06. The van der Waals surface area contributed by atoms with Gasteiger partial charge in [0.15, 0.2) is 0 Å². The number of benzene rings is 2. The van der Waals surface area contributed by atoms with Crippen molar-refractivity contribution in [1.29, 1.82) is 0 Å². The van der Waals surface area contributed by atoms with Gasteiger partial charge in [0.2, 0.25) is 0 Å². The molecular formula is C14H11BrClF2N. The van der Waals surface area contributed by atoms with Gasteiger partial charge in [-0.3, -0.25) is 0 Å². The zero-order valence-corrected chi connectivity index (χ0v) is 12.4. The molecule has 1 nitrogen and oxygen atoms in total. The molecule has 0 aliphatic rings. The Kier molecular flexibility index (Phi) is 4.42. The van der Waals surface area contributed by atoms with E-state index >= 15 is 0 Å². The van der Waals surface area contributed by atoms with E-state index in [0.717, 1.165) is 16.8 Å². The lowest BCUT2D eigenvalue weighted by Gasteiger charge is -2.11. The third-order valence-corrected chi connectivity index (χ3v) is 3.63. The van der Waals surface area contributed by atoms with E-state index in [-0.39, 0.29) is 10.8 Å². The maximum Gasteiger partial charge on any atom is 0.141 e. The fraction of sp³-hybridized carbons (Fsp3) is 0.143. The van der Waals surface area contributed by atoms with E-state index < -0.39 is 5.82 Å². The van der Waals surface area contributed by atoms with Gasteiger partial charge in [-0.05, 0) is 58.2 Å². The van der Waals surface area contributed by atoms with Crippen molar-refractivity contribution in [2.24, 2.45) is 0 Å². The summed E-state index contributed by atoms with van der Waals surface area (Å²) in [7, 11) is 0. The summed E-state index contributed by atoms with van der Waals surface area (Å²) in [5.74, 6) is -0.737. The van der Waals surface area contributed by atoms with Crippen LogP contribution in [0.2, 0.25) is 5.02 Å². The largest absolute Gasteiger partial charge is 0.381 e. The van der Waals surface area contributed by atoms with Gasteiger partial charge in [0.1, 0.15) is 11.6 Å². The van der Waals surface area contributed by atoms with Crippen molar-refractivity contribution in [3.05, 3.63) is 62.6 Å². The third-order valence-electron chi connectivity index (χ3n) is 2.73. The molecule has 2 aromatic rings. The molecule has 5 heteroatoms. The number of anilines is 1. The van der Waals surface area contributed by atoms with Crippen molar-refractivity contribution < 1.29 is 8.78 Å². The SMILES string of the molecule is Cc1cc(F)c(Br)cc1NCc1ccc(F)c(Cl)c1. The summed E-state index contributed by atoms with van der Waals surface area (Å²) in [6, 6.07) is 7.67. The van der Waals surface area contributed by atoms with E-state index in [1.54, 1.807) is 18.2 Å². The summed E-state index contributed by atoms with van der Waals surface area (Å²) in [4.78, 5) is 0. The Morgan fingerprint density at radius 2 is 1.89 bits per heavy atom. The normalized spacial score (nSPS) is 10.6. The maximum absolute atomic E-state index is 13.3. The molecular weight excluding hydrogens is 336 g/mol. The van der Waals surface area contributed by atoms with Gasteiger partial charge < -0.3 is 5.32 Å². The van der Waals surface area contributed by atoms with Crippen LogP contribution >= 0.6 is 27.5 Å². The standard InChI is InChI=1S/C14H11BrClF2N/c1-8-4-13(18)10(15)6-14(8)19-7-9-2-3-12(17)11(16)5-9/h2-6,19H,7H2,1H3. The molecule has 1 N–H and O–H groups in total. The van der Waals surface area contributed by atoms with Gasteiger partial charge in [0.25, 0.3) is 0 Å². The third kappa shape index (κ3) is 3.45. The number of hydrogen-bond donors (Lipinski definition) is 1. The molecule has 0 aromatic heterocycles. The van der Waals surface area contributed by atoms with E-state index in [0.29, 0.717) is 11.0 Å². The van der Waals surface area contributed by atoms with Gasteiger partial charge in [-0.25, -0.2) is 8.78 Å². The van der Waals surface area contributed by atoms with E-state index in [1.165, 1.54) is 12.1 Å². The number of aryl methyl sites for hydroxylation is 1. The Labute approximate surface area is 123 Å². The Balaban J connectivity index is 2.14. The van der Waals surface area contributed by atoms with Crippen LogP contribution in [0.5, 0.6) is 0 Å². The van der Waals surface area contributed by atoms with Crippen LogP contribution in [0.4, 0.5) is 14.5 Å². The molecule has 0 saturated heterocycles. The van der Waals surface area contributed by atoms with Gasteiger partial charge in [0.05, 0.1) is 9.50 Å². The lowest BCUT2D eigenvalue weighted by Crippen LogP contribution is -2.02. The van der Waals surface area contributed by atoms with Crippen LogP contribution in [0, 0.1) is 18.6 Å². The molecule has 2 aromatic carbocycles. The Morgan fingerprint density at radius 3 is 2.58 bits per heavy atom. The molecule has 0 heterocycles. The van der Waals surface area contributed by atoms with Crippen molar-refractivity contribution in [2.75, 3.05) is 5.32 Å². The minimum Gasteiger partial charge on any atom is -0.381 e. The van der Waals surface area contributed by atoms with Crippen LogP contribution < -0.4 is 5.32 Å². The molecule has 0 atom stereocenters. The molecule has 0 aliphatic carbocycles. The highest BCUT2D eigenvalue weighted by molar-refractivity contribution is 9.10. The van der Waals surface area contributed by atoms with E-state index in [1.807, 2.05) is 6.92 Å². The summed E-state index contributed by atoms with van der Waals surface area (Å²) >= 11 is 8.85. The maximum atomic E-state index is 13.3. The Hall–Kier alpha value is -1.13. The zero-order valence-electron chi connectivity index (χ0n) is 10.1. The first-order chi connectivity index (χ1) is 8.97. The summed E-state index contributed by atoms with van der Waals surface area (Å²) in [5.41, 5.74) is 2.47. The number of rotatable bonds is 3. The quantitative estimate of drug-likeness (QED) is 0.795. The molecule has 100 valence electrons. The second kappa shape index (κ2) is 5.88. The Bertz CT molecular complexity index is 617. The minimum atomic E-state index is -0.439. The highest BCUT2D eigenvalue weighted by atomic mass is 79.9. The van der Waals surface area contributed by atoms with Gasteiger partial charge in [-0.1, -0.05) is 17.7 Å². The molecule has 2 rings (SSSR count). The summed E-state index contributed by atoms with van der Waals surface area (Å²) in [6.07, 6.45) is 0. The molecule has 0 fully saturated rings. The van der Waals surface area contributed by atoms with E-state index in [4.69, 9.17) is 11.6 Å². The lowest BCUT2D eigenvalue weighted by molar-refractivity contribution is 0.620. The van der Waals surface area contributed by atoms with Crippen LogP contribution in [-0.4, -0.2) is 0 Å². The smallest absolute Gasteiger partial charge is 0.141 e. The van der Waals surface area contributed by atoms with E-state index in [2.05, 4.69) is 21.2 Å². The molecule has 0 bridgehead atoms. The predicted octanol–water partition coefficient (Wildman–Crippen LogP) is 5.30. The summed E-state index contributed by atoms with van der Waals surface area (Å²) in [5, 5.41) is 3.26. The molecule has 0 unspecified atom stereocenters. The first kappa shape index (κ1) is 14.3. The first-order valence-electron chi connectivity index (χ1n) is 5.61. The average Bonchev–Trinajstić information content (AvgIpc) is 2.36. The van der Waals surface area contributed by atoms with Crippen LogP contribution in [-0.2, 0) is 6.54 Å². The summed E-state index contributed by atoms with van der Waals surface area (Å²) in [6.45, 7) is 2.30. The van der Waals surface area contributed by atoms with Crippen molar-refractivity contribution >= 4 is 33.2 Å². The van der Waals surface area contributed by atoms with Crippen molar-refractivity contribution in [2.45, 2.75) is 13.5 Å². The minimum absolute atomic E-state index is 0.0938. The van der Waals surface area contributed by atoms with Gasteiger partial charge in [-0.2, -0.15) is 0 Å². The van der Waals surface area contributed by atoms with Crippen LogP contribution in [0.1, 0.15) is 11.1 Å². The number of nitrogens with one attached hydrogen (secondary N) is 1. The first-order valence-corrected chi connectivity index (χ1v) is 6.78. The van der Waals surface area contributed by atoms with Gasteiger partial charge in [-0.15, -0.1) is 0 Å². The van der Waals surface area contributed by atoms with Crippen LogP contribution in [0.15, 0.2) is 34.8 Å². The molecule has 0 amide bonds. The molecule has 0 aliphatic heterocycles. The number of halogens is 4. The lowest BCUT2D eigenvalue weighted by atomic mass is 10.1. The molecule has 0 saturated carbocycles. The molecule has 19 heavy (non-hydrogen) atoms. The zero-order chi connectivity index (χ0) is 14.0.